The standard InChI is InChI=1S/2C19H29ClFN7O3/c2*1-11-10-27(2)6-7-28(11)16-14(21)15(23-18(20)24-16)25-26-17(29)13(9-22-19(30)31)8-12-4-3-5-12/h2*11-13,22H,3-10H2,1-2H3,(H,26,29)(H,30,31)(H,23,24,25)/t2*11-,13-/m11/s1. The van der Waals surface area contributed by atoms with Gasteiger partial charge in [-0.1, -0.05) is 38.5 Å². The highest BCUT2D eigenvalue weighted by atomic mass is 35.5. The Hall–Kier alpha value is -4.80. The van der Waals surface area contributed by atoms with Crippen LogP contribution in [-0.4, -0.2) is 142 Å². The average molecular weight is 916 g/mol. The molecule has 62 heavy (non-hydrogen) atoms. The first-order valence-corrected chi connectivity index (χ1v) is 21.7. The Morgan fingerprint density at radius 3 is 1.34 bits per heavy atom. The van der Waals surface area contributed by atoms with Crippen molar-refractivity contribution in [1.29, 1.82) is 0 Å². The van der Waals surface area contributed by atoms with E-state index in [1.807, 2.05) is 37.7 Å². The zero-order chi connectivity index (χ0) is 45.1. The second-order valence-corrected chi connectivity index (χ2v) is 17.3. The van der Waals surface area contributed by atoms with Gasteiger partial charge in [0.25, 0.3) is 0 Å². The normalized spacial score (nSPS) is 20.6. The Balaban J connectivity index is 0.000000234. The van der Waals surface area contributed by atoms with Crippen LogP contribution in [0.2, 0.25) is 10.6 Å². The van der Waals surface area contributed by atoms with Gasteiger partial charge in [-0.3, -0.25) is 31.3 Å². The Morgan fingerprint density at radius 1 is 0.661 bits per heavy atom. The molecule has 4 amide bonds. The summed E-state index contributed by atoms with van der Waals surface area (Å²) in [5, 5.41) is 22.0. The maximum absolute atomic E-state index is 15.1. The van der Waals surface area contributed by atoms with Crippen LogP contribution in [-0.2, 0) is 9.59 Å². The minimum Gasteiger partial charge on any atom is -0.465 e. The van der Waals surface area contributed by atoms with Crippen LogP contribution in [0.1, 0.15) is 65.2 Å². The molecular weight excluding hydrogens is 857 g/mol. The molecule has 2 aromatic rings. The van der Waals surface area contributed by atoms with Crippen LogP contribution in [0.3, 0.4) is 0 Å². The molecule has 2 aliphatic heterocycles. The number of nitrogens with zero attached hydrogens (tertiary/aromatic N) is 8. The van der Waals surface area contributed by atoms with E-state index >= 15 is 8.78 Å². The molecule has 0 bridgehead atoms. The van der Waals surface area contributed by atoms with Crippen LogP contribution in [0.5, 0.6) is 0 Å². The van der Waals surface area contributed by atoms with Crippen molar-refractivity contribution >= 4 is 70.5 Å². The van der Waals surface area contributed by atoms with Gasteiger partial charge in [0.1, 0.15) is 0 Å². The number of anilines is 4. The number of carbonyl (C=O) groups is 4. The van der Waals surface area contributed by atoms with Gasteiger partial charge in [-0.15, -0.1) is 0 Å². The SMILES string of the molecule is C[C@@H]1CN(C)CCN1c1nc(Cl)nc(NNC(=O)[C@@H](CNC(=O)O)CC2CCC2)c1F.C[C@@H]1CN(C)CCN1c1nc(Cl)nc(NNC(=O)[C@@H](CNC(=O)O)CC2CCC2)c1F. The molecule has 2 aromatic heterocycles. The van der Waals surface area contributed by atoms with Gasteiger partial charge in [-0.2, -0.15) is 28.7 Å². The summed E-state index contributed by atoms with van der Waals surface area (Å²) in [7, 11) is 4.00. The Labute approximate surface area is 369 Å². The van der Waals surface area contributed by atoms with E-state index in [4.69, 9.17) is 33.4 Å². The molecule has 344 valence electrons. The number of halogens is 4. The number of piperazine rings is 2. The number of hydrogen-bond donors (Lipinski definition) is 8. The summed E-state index contributed by atoms with van der Waals surface area (Å²) < 4.78 is 30.3. The van der Waals surface area contributed by atoms with E-state index in [1.54, 1.807) is 0 Å². The van der Waals surface area contributed by atoms with Crippen molar-refractivity contribution < 1.29 is 38.2 Å². The van der Waals surface area contributed by atoms with Crippen molar-refractivity contribution in [2.24, 2.45) is 23.7 Å². The van der Waals surface area contributed by atoms with Crippen LogP contribution in [0.15, 0.2) is 0 Å². The van der Waals surface area contributed by atoms with Gasteiger partial charge in [-0.25, -0.2) is 9.59 Å². The largest absolute Gasteiger partial charge is 0.465 e. The Morgan fingerprint density at radius 2 is 1.03 bits per heavy atom. The van der Waals surface area contributed by atoms with Crippen molar-refractivity contribution in [3.05, 3.63) is 22.2 Å². The molecule has 4 atom stereocenters. The number of amides is 4. The predicted octanol–water partition coefficient (Wildman–Crippen LogP) is 3.85. The lowest BCUT2D eigenvalue weighted by Gasteiger charge is -2.39. The number of hydrogen-bond acceptors (Lipinski definition) is 14. The quantitative estimate of drug-likeness (QED) is 0.0881. The van der Waals surface area contributed by atoms with E-state index in [2.05, 4.69) is 62.1 Å². The molecule has 20 nitrogen and oxygen atoms in total. The molecule has 0 unspecified atom stereocenters. The van der Waals surface area contributed by atoms with Gasteiger partial charge in [-0.05, 0) is 75.8 Å². The van der Waals surface area contributed by atoms with E-state index in [-0.39, 0.29) is 59.0 Å². The lowest BCUT2D eigenvalue weighted by Crippen LogP contribution is -2.51. The molecule has 24 heteroatoms. The van der Waals surface area contributed by atoms with Crippen molar-refractivity contribution in [1.82, 2.24) is 51.2 Å². The number of rotatable bonds is 16. The smallest absolute Gasteiger partial charge is 0.404 e. The van der Waals surface area contributed by atoms with Gasteiger partial charge in [0.2, 0.25) is 34.0 Å². The summed E-state index contributed by atoms with van der Waals surface area (Å²) >= 11 is 12.0. The first-order valence-electron chi connectivity index (χ1n) is 20.9. The maximum Gasteiger partial charge on any atom is 0.404 e. The lowest BCUT2D eigenvalue weighted by molar-refractivity contribution is -0.125. The third-order valence-corrected chi connectivity index (χ3v) is 12.2. The third kappa shape index (κ3) is 13.6. The summed E-state index contributed by atoms with van der Waals surface area (Å²) in [6, 6.07) is 0.0474. The monoisotopic (exact) mass is 914 g/mol. The fourth-order valence-electron chi connectivity index (χ4n) is 7.97. The highest BCUT2D eigenvalue weighted by Crippen LogP contribution is 2.34. The minimum atomic E-state index is -1.20. The van der Waals surface area contributed by atoms with Gasteiger partial charge < -0.3 is 40.4 Å². The molecule has 0 radical (unpaired) electrons. The van der Waals surface area contributed by atoms with E-state index in [9.17, 15) is 19.2 Å². The molecule has 0 spiro atoms. The Kier molecular flexibility index (Phi) is 17.5. The predicted molar refractivity (Wildman–Crippen MR) is 229 cm³/mol. The highest BCUT2D eigenvalue weighted by Gasteiger charge is 2.32. The van der Waals surface area contributed by atoms with Crippen LogP contribution in [0.4, 0.5) is 41.6 Å². The molecular formula is C38H58Cl2F2N14O6. The second-order valence-electron chi connectivity index (χ2n) is 16.6. The van der Waals surface area contributed by atoms with E-state index in [0.29, 0.717) is 37.8 Å². The molecule has 6 rings (SSSR count). The number of carboxylic acid groups (broad SMARTS) is 2. The molecule has 4 aliphatic rings. The zero-order valence-electron chi connectivity index (χ0n) is 35.4. The van der Waals surface area contributed by atoms with Gasteiger partial charge >= 0.3 is 12.2 Å². The van der Waals surface area contributed by atoms with Crippen LogP contribution in [0.25, 0.3) is 0 Å². The number of carbonyl (C=O) groups excluding carboxylic acids is 2. The summed E-state index contributed by atoms with van der Waals surface area (Å²) in [5.74, 6) is -2.98. The zero-order valence-corrected chi connectivity index (χ0v) is 36.9. The molecule has 4 heterocycles. The highest BCUT2D eigenvalue weighted by molar-refractivity contribution is 6.28. The average Bonchev–Trinajstić information content (AvgIpc) is 3.17. The summed E-state index contributed by atoms with van der Waals surface area (Å²) in [5.41, 5.74) is 9.93. The van der Waals surface area contributed by atoms with E-state index in [0.717, 1.165) is 64.7 Å². The Bertz CT molecular complexity index is 1750. The fourth-order valence-corrected chi connectivity index (χ4v) is 8.30. The summed E-state index contributed by atoms with van der Waals surface area (Å²) in [4.78, 5) is 70.8. The molecule has 4 fully saturated rings. The molecule has 0 aromatic carbocycles. The molecule has 2 saturated heterocycles. The topological polar surface area (TPSA) is 245 Å². The van der Waals surface area contributed by atoms with Gasteiger partial charge in [0, 0.05) is 64.4 Å². The van der Waals surface area contributed by atoms with Crippen LogP contribution in [0, 0.1) is 35.3 Å². The van der Waals surface area contributed by atoms with Gasteiger partial charge in [0.05, 0.1) is 11.8 Å². The molecule has 8 N–H and O–H groups in total. The molecule has 2 saturated carbocycles. The van der Waals surface area contributed by atoms with Crippen LogP contribution < -0.4 is 42.1 Å². The summed E-state index contributed by atoms with van der Waals surface area (Å²) in [6.45, 7) is 8.08. The number of aromatic nitrogens is 4. The lowest BCUT2D eigenvalue weighted by atomic mass is 9.79. The van der Waals surface area contributed by atoms with Crippen molar-refractivity contribution in [3.63, 3.8) is 0 Å². The van der Waals surface area contributed by atoms with Crippen molar-refractivity contribution in [3.8, 4) is 0 Å². The third-order valence-electron chi connectivity index (χ3n) is 11.9. The van der Waals surface area contributed by atoms with E-state index < -0.39 is 47.5 Å². The number of hydrazine groups is 2. The van der Waals surface area contributed by atoms with Gasteiger partial charge in [0.15, 0.2) is 23.3 Å². The fraction of sp³-hybridized carbons (Fsp3) is 0.684. The first kappa shape index (κ1) is 48.2. The minimum absolute atomic E-state index is 0.0174. The number of nitrogens with one attached hydrogen (secondary N) is 6. The van der Waals surface area contributed by atoms with E-state index in [1.165, 1.54) is 0 Å². The number of likely N-dealkylation sites (N-methyl/N-ethyl adjacent to an activating group) is 2. The van der Waals surface area contributed by atoms with Crippen LogP contribution >= 0.6 is 23.2 Å². The second kappa shape index (κ2) is 22.5. The summed E-state index contributed by atoms with van der Waals surface area (Å²) in [6.07, 6.45) is 5.04. The maximum atomic E-state index is 15.1. The van der Waals surface area contributed by atoms with Crippen molar-refractivity contribution in [2.45, 2.75) is 77.3 Å². The van der Waals surface area contributed by atoms with Crippen molar-refractivity contribution in [2.75, 3.05) is 87.1 Å². The first-order chi connectivity index (χ1) is 29.5. The molecule has 2 aliphatic carbocycles.